The summed E-state index contributed by atoms with van der Waals surface area (Å²) in [5.41, 5.74) is 6.10. The van der Waals surface area contributed by atoms with Crippen LogP contribution in [0.4, 0.5) is 11.4 Å². The topological polar surface area (TPSA) is 221 Å². The molecule has 4 aliphatic rings. The molecule has 0 aliphatic carbocycles. The van der Waals surface area contributed by atoms with E-state index in [2.05, 4.69) is 16.0 Å². The molecule has 0 radical (unpaired) electrons. The molecule has 18 nitrogen and oxygen atoms in total. The molecule has 4 aromatic carbocycles. The van der Waals surface area contributed by atoms with Crippen LogP contribution in [0.3, 0.4) is 0 Å². The number of hydrogen-bond acceptors (Lipinski definition) is 14. The van der Waals surface area contributed by atoms with E-state index in [9.17, 15) is 32.7 Å². The Bertz CT molecular complexity index is 2580. The van der Waals surface area contributed by atoms with Crippen molar-refractivity contribution in [1.82, 2.24) is 14.5 Å². The van der Waals surface area contributed by atoms with Crippen molar-refractivity contribution in [1.29, 1.82) is 0 Å². The van der Waals surface area contributed by atoms with Crippen LogP contribution in [-0.2, 0) is 54.6 Å². The van der Waals surface area contributed by atoms with Crippen molar-refractivity contribution in [2.45, 2.75) is 55.8 Å². The van der Waals surface area contributed by atoms with E-state index in [-0.39, 0.29) is 80.6 Å². The molecule has 0 aromatic heterocycles. The van der Waals surface area contributed by atoms with Crippen LogP contribution in [0.15, 0.2) is 89.8 Å². The third-order valence-corrected chi connectivity index (χ3v) is 14.6. The lowest BCUT2D eigenvalue weighted by Gasteiger charge is -2.39. The van der Waals surface area contributed by atoms with Crippen LogP contribution in [0.25, 0.3) is 11.1 Å². The molecule has 4 aliphatic heterocycles. The number of hydrogen-bond donors (Lipinski definition) is 4. The molecule has 0 bridgehead atoms. The second-order valence-electron chi connectivity index (χ2n) is 17.2. The molecule has 0 spiro atoms. The first kappa shape index (κ1) is 49.6. The van der Waals surface area contributed by atoms with Crippen LogP contribution in [0.2, 0.25) is 0 Å². The van der Waals surface area contributed by atoms with Gasteiger partial charge in [0.2, 0.25) is 27.7 Å². The van der Waals surface area contributed by atoms with Crippen LogP contribution < -0.4 is 20.7 Å². The Balaban J connectivity index is 0.672. The zero-order valence-electron chi connectivity index (χ0n) is 38.6. The smallest absolute Gasteiger partial charge is 0.255 e. The number of rotatable bonds is 24. The van der Waals surface area contributed by atoms with Gasteiger partial charge in [0.25, 0.3) is 5.91 Å². The van der Waals surface area contributed by atoms with E-state index < -0.39 is 28.0 Å². The van der Waals surface area contributed by atoms with E-state index in [1.807, 2.05) is 43.3 Å². The summed E-state index contributed by atoms with van der Waals surface area (Å²) in [7, 11) is -3.81. The van der Waals surface area contributed by atoms with E-state index in [0.717, 1.165) is 27.9 Å². The quantitative estimate of drug-likeness (QED) is 0.0575. The highest BCUT2D eigenvalue weighted by molar-refractivity contribution is 7.89. The number of nitrogens with zero attached hydrogens (tertiary/aromatic N) is 2. The van der Waals surface area contributed by atoms with Gasteiger partial charge in [0, 0.05) is 41.4 Å². The maximum Gasteiger partial charge on any atom is 0.255 e. The molecule has 2 fully saturated rings. The van der Waals surface area contributed by atoms with Crippen molar-refractivity contribution in [2.75, 3.05) is 96.5 Å². The molecule has 368 valence electrons. The molecule has 4 atom stereocenters. The van der Waals surface area contributed by atoms with Gasteiger partial charge in [0.1, 0.15) is 25.0 Å². The molecule has 1 unspecified atom stereocenters. The second kappa shape index (κ2) is 23.2. The van der Waals surface area contributed by atoms with Crippen LogP contribution in [0.5, 0.6) is 5.75 Å². The molecule has 19 heteroatoms. The highest BCUT2D eigenvalue weighted by atomic mass is 32.2. The Kier molecular flexibility index (Phi) is 16.7. The predicted molar refractivity (Wildman–Crippen MR) is 253 cm³/mol. The lowest BCUT2D eigenvalue weighted by Crippen LogP contribution is -2.52. The third-order valence-electron chi connectivity index (χ3n) is 12.7. The average Bonchev–Trinajstić information content (AvgIpc) is 3.95. The van der Waals surface area contributed by atoms with Crippen molar-refractivity contribution in [2.24, 2.45) is 5.92 Å². The Hall–Kier alpha value is -5.77. The standard InChI is InChI=1S/C50H59N5O13S/c1-33-8-11-37(12-9-33)69(61,62)55-17-16-39-43(31-56)52-42-13-10-35(29-40(42)48(39)55)34-4-2-5-36(28-34)51-47(58)32-67-25-24-65-21-20-63-18-19-64-22-23-66-26-27-68-45-7-3-6-38-41(45)30-54(50(38)60)44-14-15-46(57)53-49(44)59/h2-13,28-29,39,43-44,48,52,56H,14-27,30-32H2,1H3,(H,51,58)(H,53,57,59)/t39-,43+,44?,48-/m1/s1. The minimum absolute atomic E-state index is 0.113. The Labute approximate surface area is 401 Å². The minimum Gasteiger partial charge on any atom is -0.491 e. The number of fused-ring (bicyclic) bond motifs is 4. The number of piperidine rings is 1. The number of ether oxygens (including phenoxy) is 6. The number of sulfonamides is 1. The monoisotopic (exact) mass is 969 g/mol. The number of carbonyl (C=O) groups excluding carboxylic acids is 4. The van der Waals surface area contributed by atoms with Gasteiger partial charge in [-0.15, -0.1) is 0 Å². The highest BCUT2D eigenvalue weighted by Crippen LogP contribution is 2.49. The summed E-state index contributed by atoms with van der Waals surface area (Å²) >= 11 is 0. The number of aryl methyl sites for hydroxylation is 1. The fourth-order valence-electron chi connectivity index (χ4n) is 9.24. The van der Waals surface area contributed by atoms with Gasteiger partial charge in [-0.3, -0.25) is 24.5 Å². The van der Waals surface area contributed by atoms with Crippen LogP contribution in [0, 0.1) is 12.8 Å². The summed E-state index contributed by atoms with van der Waals surface area (Å²) in [6.07, 6.45) is 1.10. The largest absolute Gasteiger partial charge is 0.491 e. The zero-order valence-corrected chi connectivity index (χ0v) is 39.4. The van der Waals surface area contributed by atoms with Crippen molar-refractivity contribution in [3.63, 3.8) is 0 Å². The highest BCUT2D eigenvalue weighted by Gasteiger charge is 2.48. The number of nitrogens with one attached hydrogen (secondary N) is 3. The Morgan fingerprint density at radius 2 is 1.45 bits per heavy atom. The zero-order chi connectivity index (χ0) is 48.3. The molecule has 4 amide bonds. The maximum absolute atomic E-state index is 14.0. The van der Waals surface area contributed by atoms with E-state index >= 15 is 0 Å². The predicted octanol–water partition coefficient (Wildman–Crippen LogP) is 4.06. The first-order chi connectivity index (χ1) is 33.5. The fraction of sp³-hybridized carbons (Fsp3) is 0.440. The summed E-state index contributed by atoms with van der Waals surface area (Å²) in [4.78, 5) is 51.4. The van der Waals surface area contributed by atoms with Gasteiger partial charge < -0.3 is 49.1 Å². The number of amides is 4. The number of imide groups is 1. The molecule has 4 N–H and O–H groups in total. The van der Waals surface area contributed by atoms with Crippen LogP contribution in [0.1, 0.15) is 52.4 Å². The maximum atomic E-state index is 14.0. The fourth-order valence-corrected chi connectivity index (χ4v) is 10.9. The minimum atomic E-state index is -3.81. The van der Waals surface area contributed by atoms with Gasteiger partial charge in [-0.2, -0.15) is 4.31 Å². The molecule has 4 heterocycles. The number of benzene rings is 4. The van der Waals surface area contributed by atoms with Crippen molar-refractivity contribution >= 4 is 45.0 Å². The van der Waals surface area contributed by atoms with E-state index in [1.165, 1.54) is 4.90 Å². The second-order valence-corrected chi connectivity index (χ2v) is 19.1. The number of anilines is 2. The molecule has 0 saturated carbocycles. The molecule has 8 rings (SSSR count). The lowest BCUT2D eigenvalue weighted by atomic mass is 9.82. The van der Waals surface area contributed by atoms with E-state index in [4.69, 9.17) is 28.4 Å². The molecule has 69 heavy (non-hydrogen) atoms. The third kappa shape index (κ3) is 12.0. The van der Waals surface area contributed by atoms with Crippen LogP contribution >= 0.6 is 0 Å². The first-order valence-electron chi connectivity index (χ1n) is 23.3. The van der Waals surface area contributed by atoms with Crippen molar-refractivity contribution in [3.8, 4) is 16.9 Å². The SMILES string of the molecule is Cc1ccc(S(=O)(=O)N2CC[C@@H]3[C@H](CO)Nc4ccc(-c5cccc(NC(=O)COCCOCCOCCOCCOCCOc6cccc7c6CN(C6CCC(=O)NC6=O)C7=O)c5)cc4[C@@H]32)cc1. The summed E-state index contributed by atoms with van der Waals surface area (Å²) < 4.78 is 63.3. The van der Waals surface area contributed by atoms with Gasteiger partial charge in [-0.1, -0.05) is 42.0 Å². The average molecular weight is 970 g/mol. The number of aliphatic hydroxyl groups excluding tert-OH is 1. The summed E-state index contributed by atoms with van der Waals surface area (Å²) in [6.45, 7) is 5.51. The first-order valence-corrected chi connectivity index (χ1v) is 24.7. The van der Waals surface area contributed by atoms with E-state index in [0.29, 0.717) is 88.2 Å². The number of aliphatic hydroxyl groups is 1. The molecular formula is C50H59N5O13S. The van der Waals surface area contributed by atoms with Gasteiger partial charge in [-0.05, 0) is 85.0 Å². The Morgan fingerprint density at radius 3 is 2.14 bits per heavy atom. The van der Waals surface area contributed by atoms with Crippen molar-refractivity contribution in [3.05, 3.63) is 107 Å². The lowest BCUT2D eigenvalue weighted by molar-refractivity contribution is -0.137. The molecular weight excluding hydrogens is 911 g/mol. The summed E-state index contributed by atoms with van der Waals surface area (Å²) in [5, 5.41) is 18.9. The summed E-state index contributed by atoms with van der Waals surface area (Å²) in [6, 6.07) is 24.0. The van der Waals surface area contributed by atoms with Gasteiger partial charge in [-0.25, -0.2) is 8.42 Å². The van der Waals surface area contributed by atoms with Gasteiger partial charge in [0.05, 0.1) is 89.6 Å². The summed E-state index contributed by atoms with van der Waals surface area (Å²) in [5.74, 6) is -0.914. The normalized spacial score (nSPS) is 20.0. The van der Waals surface area contributed by atoms with Gasteiger partial charge in [0.15, 0.2) is 0 Å². The molecule has 2 saturated heterocycles. The molecule has 4 aromatic rings. The number of carbonyl (C=O) groups is 4. The Morgan fingerprint density at radius 1 is 0.783 bits per heavy atom. The van der Waals surface area contributed by atoms with E-state index in [1.54, 1.807) is 52.8 Å². The van der Waals surface area contributed by atoms with Gasteiger partial charge >= 0.3 is 0 Å². The van der Waals surface area contributed by atoms with Crippen LogP contribution in [-0.4, -0.2) is 144 Å². The van der Waals surface area contributed by atoms with Crippen molar-refractivity contribution < 1.29 is 61.1 Å².